The Morgan fingerprint density at radius 2 is 2.21 bits per heavy atom. The minimum atomic E-state index is -2.18. The van der Waals surface area contributed by atoms with Gasteiger partial charge in [0.05, 0.1) is 6.61 Å². The van der Waals surface area contributed by atoms with Crippen LogP contribution in [0.4, 0.5) is 0 Å². The number of nitrogens with two attached hydrogens (primary N) is 1. The predicted octanol–water partition coefficient (Wildman–Crippen LogP) is -3.64. The Morgan fingerprint density at radius 1 is 1.53 bits per heavy atom. The van der Waals surface area contributed by atoms with Crippen LogP contribution in [-0.2, 0) is 0 Å². The number of nitrogens with one attached hydrogen (secondary N) is 2. The molecule has 8 N–H and O–H groups in total. The zero-order chi connectivity index (χ0) is 14.0. The standard InChI is InChI=1S/C9H16N6O4/c10-6-12-5-4(3-16)15(19)7(11)14-2-1-8(17,18)9(5,14)13-6/h4-5,11,16-19H,1-3H2,(H3,10,12,13)/t4-,5+,9?/m1/s1. The number of rotatable bonds is 1. The molecule has 19 heavy (non-hydrogen) atoms. The molecule has 106 valence electrons. The maximum absolute atomic E-state index is 10.2. The Balaban J connectivity index is 2.15. The molecule has 0 radical (unpaired) electrons. The number of guanidine groups is 2. The quantitative estimate of drug-likeness (QED) is 0.240. The van der Waals surface area contributed by atoms with Crippen LogP contribution in [0.15, 0.2) is 4.99 Å². The SMILES string of the molecule is N=C1N(O)[C@H](CO)[C@@H]2N=C(N)NC23N1CCC3(O)O. The van der Waals surface area contributed by atoms with Crippen LogP contribution in [-0.4, -0.2) is 79.1 Å². The second-order valence-electron chi connectivity index (χ2n) is 4.99. The molecule has 3 aliphatic heterocycles. The second-order valence-corrected chi connectivity index (χ2v) is 4.99. The van der Waals surface area contributed by atoms with E-state index in [2.05, 4.69) is 10.3 Å². The maximum atomic E-state index is 10.2. The van der Waals surface area contributed by atoms with Crippen molar-refractivity contribution in [2.75, 3.05) is 13.2 Å². The summed E-state index contributed by atoms with van der Waals surface area (Å²) in [5.74, 6) is -2.54. The molecule has 1 unspecified atom stereocenters. The third-order valence-corrected chi connectivity index (χ3v) is 4.08. The molecule has 0 aromatic rings. The van der Waals surface area contributed by atoms with Gasteiger partial charge in [0.2, 0.25) is 11.7 Å². The first-order chi connectivity index (χ1) is 8.85. The van der Waals surface area contributed by atoms with Crippen molar-refractivity contribution in [3.63, 3.8) is 0 Å². The summed E-state index contributed by atoms with van der Waals surface area (Å²) in [5.41, 5.74) is 4.08. The molecule has 0 bridgehead atoms. The second kappa shape index (κ2) is 3.48. The summed E-state index contributed by atoms with van der Waals surface area (Å²) < 4.78 is 0. The van der Waals surface area contributed by atoms with Crippen molar-refractivity contribution in [1.29, 1.82) is 5.41 Å². The lowest BCUT2D eigenvalue weighted by Crippen LogP contribution is -2.80. The van der Waals surface area contributed by atoms with Crippen LogP contribution in [0.1, 0.15) is 6.42 Å². The lowest BCUT2D eigenvalue weighted by Gasteiger charge is -2.52. The fourth-order valence-corrected chi connectivity index (χ4v) is 3.19. The number of hydroxylamine groups is 2. The zero-order valence-electron chi connectivity index (χ0n) is 9.98. The average Bonchev–Trinajstić information content (AvgIpc) is 2.80. The number of nitrogens with zero attached hydrogens (tertiary/aromatic N) is 3. The van der Waals surface area contributed by atoms with Crippen LogP contribution >= 0.6 is 0 Å². The van der Waals surface area contributed by atoms with Crippen molar-refractivity contribution in [3.8, 4) is 0 Å². The molecule has 0 aromatic heterocycles. The van der Waals surface area contributed by atoms with E-state index in [9.17, 15) is 20.5 Å². The molecule has 10 nitrogen and oxygen atoms in total. The van der Waals surface area contributed by atoms with E-state index in [0.717, 1.165) is 0 Å². The van der Waals surface area contributed by atoms with E-state index < -0.39 is 30.1 Å². The predicted molar refractivity (Wildman–Crippen MR) is 62.0 cm³/mol. The number of aliphatic imine (C=N–C) groups is 1. The van der Waals surface area contributed by atoms with E-state index >= 15 is 0 Å². The summed E-state index contributed by atoms with van der Waals surface area (Å²) in [6, 6.07) is -1.89. The summed E-state index contributed by atoms with van der Waals surface area (Å²) in [6.45, 7) is -0.360. The van der Waals surface area contributed by atoms with Crippen LogP contribution < -0.4 is 11.1 Å². The molecule has 3 heterocycles. The fourth-order valence-electron chi connectivity index (χ4n) is 3.19. The van der Waals surface area contributed by atoms with E-state index in [1.807, 2.05) is 0 Å². The Morgan fingerprint density at radius 3 is 2.84 bits per heavy atom. The number of aliphatic hydroxyl groups is 3. The van der Waals surface area contributed by atoms with Gasteiger partial charge in [-0.25, -0.2) is 10.1 Å². The topological polar surface area (TPSA) is 162 Å². The number of aliphatic hydroxyl groups excluding tert-OH is 1. The van der Waals surface area contributed by atoms with Gasteiger partial charge in [-0.1, -0.05) is 0 Å². The molecule has 0 saturated carbocycles. The fraction of sp³-hybridized carbons (Fsp3) is 0.778. The van der Waals surface area contributed by atoms with Crippen molar-refractivity contribution < 1.29 is 20.5 Å². The smallest absolute Gasteiger partial charge is 0.220 e. The van der Waals surface area contributed by atoms with Gasteiger partial charge in [0, 0.05) is 13.0 Å². The van der Waals surface area contributed by atoms with Crippen LogP contribution in [0.3, 0.4) is 0 Å². The first-order valence-corrected chi connectivity index (χ1v) is 5.86. The Hall–Kier alpha value is -1.62. The molecule has 3 atom stereocenters. The van der Waals surface area contributed by atoms with Gasteiger partial charge in [0.25, 0.3) is 0 Å². The molecular weight excluding hydrogens is 256 g/mol. The molecule has 0 aliphatic carbocycles. The van der Waals surface area contributed by atoms with Crippen LogP contribution in [0.5, 0.6) is 0 Å². The minimum absolute atomic E-state index is 0.0223. The summed E-state index contributed by atoms with van der Waals surface area (Å²) in [7, 11) is 0. The van der Waals surface area contributed by atoms with Gasteiger partial charge in [-0.2, -0.15) is 0 Å². The molecule has 3 aliphatic rings. The average molecular weight is 272 g/mol. The Labute approximate surface area is 108 Å². The van der Waals surface area contributed by atoms with Gasteiger partial charge in [-0.15, -0.1) is 0 Å². The first-order valence-electron chi connectivity index (χ1n) is 5.86. The monoisotopic (exact) mass is 272 g/mol. The van der Waals surface area contributed by atoms with Gasteiger partial charge in [0.15, 0.2) is 11.6 Å². The zero-order valence-corrected chi connectivity index (χ0v) is 9.98. The molecule has 0 amide bonds. The van der Waals surface area contributed by atoms with Gasteiger partial charge in [-0.05, 0) is 0 Å². The summed E-state index contributed by atoms with van der Waals surface area (Å²) >= 11 is 0. The molecular formula is C9H16N6O4. The molecule has 2 saturated heterocycles. The number of hydrogen-bond acceptors (Lipinski definition) is 8. The minimum Gasteiger partial charge on any atom is -0.394 e. The molecule has 10 heteroatoms. The summed E-state index contributed by atoms with van der Waals surface area (Å²) in [5, 5.41) is 50.9. The molecule has 1 spiro atoms. The lowest BCUT2D eigenvalue weighted by atomic mass is 9.86. The van der Waals surface area contributed by atoms with Gasteiger partial charge in [0.1, 0.15) is 12.1 Å². The molecule has 0 aromatic carbocycles. The summed E-state index contributed by atoms with van der Waals surface area (Å²) in [4.78, 5) is 5.34. The first kappa shape index (κ1) is 12.4. The van der Waals surface area contributed by atoms with E-state index in [0.29, 0.717) is 5.06 Å². The molecule has 2 fully saturated rings. The van der Waals surface area contributed by atoms with Crippen molar-refractivity contribution in [2.24, 2.45) is 10.7 Å². The Kier molecular flexibility index (Phi) is 2.27. The van der Waals surface area contributed by atoms with Gasteiger partial charge in [-0.3, -0.25) is 10.6 Å². The summed E-state index contributed by atoms with van der Waals surface area (Å²) in [6.07, 6.45) is -0.0341. The van der Waals surface area contributed by atoms with Gasteiger partial charge >= 0.3 is 0 Å². The van der Waals surface area contributed by atoms with Crippen LogP contribution in [0.2, 0.25) is 0 Å². The van der Waals surface area contributed by atoms with Crippen molar-refractivity contribution in [2.45, 2.75) is 30.0 Å². The normalized spacial score (nSPS) is 39.8. The molecule has 3 rings (SSSR count). The largest absolute Gasteiger partial charge is 0.394 e. The van der Waals surface area contributed by atoms with E-state index in [4.69, 9.17) is 11.1 Å². The van der Waals surface area contributed by atoms with Crippen molar-refractivity contribution in [3.05, 3.63) is 0 Å². The maximum Gasteiger partial charge on any atom is 0.220 e. The van der Waals surface area contributed by atoms with E-state index in [-0.39, 0.29) is 24.9 Å². The van der Waals surface area contributed by atoms with Gasteiger partial charge < -0.3 is 31.3 Å². The number of hydrogen-bond donors (Lipinski definition) is 7. The highest BCUT2D eigenvalue weighted by Gasteiger charge is 2.71. The van der Waals surface area contributed by atoms with Crippen LogP contribution in [0.25, 0.3) is 0 Å². The third kappa shape index (κ3) is 1.23. The highest BCUT2D eigenvalue weighted by Crippen LogP contribution is 2.45. The van der Waals surface area contributed by atoms with E-state index in [1.165, 1.54) is 4.90 Å². The highest BCUT2D eigenvalue weighted by molar-refractivity contribution is 5.86. The van der Waals surface area contributed by atoms with Crippen LogP contribution in [0, 0.1) is 5.41 Å². The third-order valence-electron chi connectivity index (χ3n) is 4.08. The highest BCUT2D eigenvalue weighted by atomic mass is 16.5. The van der Waals surface area contributed by atoms with Crippen molar-refractivity contribution in [1.82, 2.24) is 15.3 Å². The van der Waals surface area contributed by atoms with E-state index in [1.54, 1.807) is 0 Å². The Bertz CT molecular complexity index is 468. The van der Waals surface area contributed by atoms with Crippen molar-refractivity contribution >= 4 is 11.9 Å². The lowest BCUT2D eigenvalue weighted by molar-refractivity contribution is -0.241.